The second-order valence-electron chi connectivity index (χ2n) is 4.98. The van der Waals surface area contributed by atoms with E-state index in [1.807, 2.05) is 11.3 Å². The van der Waals surface area contributed by atoms with Gasteiger partial charge in [0.25, 0.3) is 0 Å². The Morgan fingerprint density at radius 2 is 2.25 bits per heavy atom. The highest BCUT2D eigenvalue weighted by Gasteiger charge is 2.34. The number of nitrogens with one attached hydrogen (secondary N) is 1. The van der Waals surface area contributed by atoms with Crippen molar-refractivity contribution in [3.63, 3.8) is 0 Å². The molecule has 3 heteroatoms. The van der Waals surface area contributed by atoms with Gasteiger partial charge < -0.3 is 5.32 Å². The van der Waals surface area contributed by atoms with Crippen molar-refractivity contribution in [2.24, 2.45) is 0 Å². The molecule has 1 aromatic heterocycles. The summed E-state index contributed by atoms with van der Waals surface area (Å²) in [6.07, 6.45) is 5.57. The van der Waals surface area contributed by atoms with Gasteiger partial charge in [0.2, 0.25) is 0 Å². The van der Waals surface area contributed by atoms with E-state index in [1.54, 1.807) is 0 Å². The molecule has 1 atom stereocenters. The second kappa shape index (κ2) is 4.86. The average Bonchev–Trinajstić information content (AvgIpc) is 3.05. The van der Waals surface area contributed by atoms with Crippen LogP contribution in [-0.2, 0) is 6.54 Å². The highest BCUT2D eigenvalue weighted by atomic mass is 32.1. The zero-order chi connectivity index (χ0) is 10.8. The Balaban J connectivity index is 1.65. The first kappa shape index (κ1) is 10.8. The van der Waals surface area contributed by atoms with E-state index < -0.39 is 0 Å². The van der Waals surface area contributed by atoms with E-state index >= 15 is 0 Å². The van der Waals surface area contributed by atoms with E-state index in [9.17, 15) is 0 Å². The first-order chi connectivity index (χ1) is 7.93. The standard InChI is InChI=1S/C13H20N2S/c1-3-12(9-14-7-1)15(11-5-6-11)10-13-4-2-8-16-13/h2,4,8,11-12,14H,1,3,5-7,9-10H2. The van der Waals surface area contributed by atoms with Crippen molar-refractivity contribution >= 4 is 11.3 Å². The lowest BCUT2D eigenvalue weighted by Crippen LogP contribution is -2.46. The summed E-state index contributed by atoms with van der Waals surface area (Å²) in [6.45, 7) is 3.59. The molecule has 1 saturated carbocycles. The largest absolute Gasteiger partial charge is 0.315 e. The van der Waals surface area contributed by atoms with Crippen molar-refractivity contribution < 1.29 is 0 Å². The molecule has 2 nitrogen and oxygen atoms in total. The van der Waals surface area contributed by atoms with E-state index in [2.05, 4.69) is 27.7 Å². The van der Waals surface area contributed by atoms with Gasteiger partial charge in [-0.25, -0.2) is 0 Å². The van der Waals surface area contributed by atoms with Gasteiger partial charge in [0.15, 0.2) is 0 Å². The lowest BCUT2D eigenvalue weighted by atomic mass is 10.1. The van der Waals surface area contributed by atoms with Crippen LogP contribution >= 0.6 is 11.3 Å². The van der Waals surface area contributed by atoms with Gasteiger partial charge >= 0.3 is 0 Å². The zero-order valence-electron chi connectivity index (χ0n) is 9.69. The normalized spacial score (nSPS) is 26.2. The first-order valence-electron chi connectivity index (χ1n) is 6.42. The van der Waals surface area contributed by atoms with E-state index in [0.717, 1.165) is 12.1 Å². The van der Waals surface area contributed by atoms with Crippen LogP contribution in [0.25, 0.3) is 0 Å². The van der Waals surface area contributed by atoms with Gasteiger partial charge in [-0.2, -0.15) is 0 Å². The third-order valence-corrected chi connectivity index (χ3v) is 4.54. The Kier molecular flexibility index (Phi) is 3.27. The topological polar surface area (TPSA) is 15.3 Å². The van der Waals surface area contributed by atoms with Gasteiger partial charge in [-0.15, -0.1) is 11.3 Å². The van der Waals surface area contributed by atoms with Crippen LogP contribution in [0.5, 0.6) is 0 Å². The van der Waals surface area contributed by atoms with Crippen LogP contribution in [0.1, 0.15) is 30.6 Å². The van der Waals surface area contributed by atoms with Crippen LogP contribution in [0.3, 0.4) is 0 Å². The summed E-state index contributed by atoms with van der Waals surface area (Å²) >= 11 is 1.90. The number of thiophene rings is 1. The predicted octanol–water partition coefficient (Wildman–Crippen LogP) is 2.46. The maximum atomic E-state index is 3.54. The van der Waals surface area contributed by atoms with Crippen molar-refractivity contribution in [2.45, 2.75) is 44.3 Å². The summed E-state index contributed by atoms with van der Waals surface area (Å²) in [5.74, 6) is 0. The van der Waals surface area contributed by atoms with Crippen molar-refractivity contribution in [3.8, 4) is 0 Å². The molecule has 0 spiro atoms. The van der Waals surface area contributed by atoms with E-state index in [4.69, 9.17) is 0 Å². The molecule has 0 amide bonds. The van der Waals surface area contributed by atoms with Crippen molar-refractivity contribution in [3.05, 3.63) is 22.4 Å². The molecule has 1 unspecified atom stereocenters. The molecule has 2 aliphatic rings. The Bertz CT molecular complexity index is 313. The molecule has 16 heavy (non-hydrogen) atoms. The summed E-state index contributed by atoms with van der Waals surface area (Å²) in [7, 11) is 0. The number of nitrogens with zero attached hydrogens (tertiary/aromatic N) is 1. The van der Waals surface area contributed by atoms with Gasteiger partial charge in [0, 0.05) is 30.1 Å². The molecule has 88 valence electrons. The highest BCUT2D eigenvalue weighted by molar-refractivity contribution is 7.09. The Morgan fingerprint density at radius 1 is 1.31 bits per heavy atom. The average molecular weight is 236 g/mol. The summed E-state index contributed by atoms with van der Waals surface area (Å²) in [6, 6.07) is 6.11. The van der Waals surface area contributed by atoms with Crippen molar-refractivity contribution in [2.75, 3.05) is 13.1 Å². The monoisotopic (exact) mass is 236 g/mol. The minimum absolute atomic E-state index is 0.781. The van der Waals surface area contributed by atoms with E-state index in [0.29, 0.717) is 0 Å². The fourth-order valence-corrected chi connectivity index (χ4v) is 3.37. The van der Waals surface area contributed by atoms with Crippen LogP contribution in [0.2, 0.25) is 0 Å². The minimum Gasteiger partial charge on any atom is -0.315 e. The molecule has 1 aliphatic heterocycles. The lowest BCUT2D eigenvalue weighted by Gasteiger charge is -2.34. The molecule has 3 rings (SSSR count). The summed E-state index contributed by atoms with van der Waals surface area (Å²) in [5, 5.41) is 5.73. The molecule has 0 aromatic carbocycles. The Morgan fingerprint density at radius 3 is 2.88 bits per heavy atom. The third kappa shape index (κ3) is 2.47. The van der Waals surface area contributed by atoms with Gasteiger partial charge in [0.05, 0.1) is 0 Å². The van der Waals surface area contributed by atoms with Gasteiger partial charge in [0.1, 0.15) is 0 Å². The molecule has 2 heterocycles. The molecule has 1 aromatic rings. The van der Waals surface area contributed by atoms with Gasteiger partial charge in [-0.3, -0.25) is 4.90 Å². The highest BCUT2D eigenvalue weighted by Crippen LogP contribution is 2.32. The minimum atomic E-state index is 0.781. The summed E-state index contributed by atoms with van der Waals surface area (Å²) in [4.78, 5) is 4.27. The molecule has 1 saturated heterocycles. The molecular weight excluding hydrogens is 216 g/mol. The lowest BCUT2D eigenvalue weighted by molar-refractivity contribution is 0.150. The SMILES string of the molecule is c1csc(CN(C2CC2)C2CCCNC2)c1. The zero-order valence-corrected chi connectivity index (χ0v) is 10.5. The Hall–Kier alpha value is -0.380. The molecule has 2 fully saturated rings. The van der Waals surface area contributed by atoms with Crippen LogP contribution in [0, 0.1) is 0 Å². The molecule has 0 bridgehead atoms. The summed E-state index contributed by atoms with van der Waals surface area (Å²) < 4.78 is 0. The molecule has 1 N–H and O–H groups in total. The second-order valence-corrected chi connectivity index (χ2v) is 6.02. The molecule has 0 radical (unpaired) electrons. The van der Waals surface area contributed by atoms with Crippen LogP contribution in [-0.4, -0.2) is 30.1 Å². The van der Waals surface area contributed by atoms with E-state index in [-0.39, 0.29) is 0 Å². The predicted molar refractivity (Wildman–Crippen MR) is 68.8 cm³/mol. The maximum absolute atomic E-state index is 3.54. The fraction of sp³-hybridized carbons (Fsp3) is 0.692. The third-order valence-electron chi connectivity index (χ3n) is 3.67. The van der Waals surface area contributed by atoms with Gasteiger partial charge in [-0.1, -0.05) is 6.07 Å². The quantitative estimate of drug-likeness (QED) is 0.864. The van der Waals surface area contributed by atoms with Gasteiger partial charge in [-0.05, 0) is 43.7 Å². The Labute approximate surface area is 102 Å². The van der Waals surface area contributed by atoms with Crippen LogP contribution in [0.4, 0.5) is 0 Å². The summed E-state index contributed by atoms with van der Waals surface area (Å²) in [5.41, 5.74) is 0. The number of hydrogen-bond acceptors (Lipinski definition) is 3. The van der Waals surface area contributed by atoms with Crippen LogP contribution < -0.4 is 5.32 Å². The molecular formula is C13H20N2S. The van der Waals surface area contributed by atoms with E-state index in [1.165, 1.54) is 50.2 Å². The van der Waals surface area contributed by atoms with Crippen molar-refractivity contribution in [1.29, 1.82) is 0 Å². The number of rotatable bonds is 4. The first-order valence-corrected chi connectivity index (χ1v) is 7.30. The van der Waals surface area contributed by atoms with Crippen LogP contribution in [0.15, 0.2) is 17.5 Å². The maximum Gasteiger partial charge on any atom is 0.0334 e. The number of piperidine rings is 1. The number of hydrogen-bond donors (Lipinski definition) is 1. The fourth-order valence-electron chi connectivity index (χ4n) is 2.66. The smallest absolute Gasteiger partial charge is 0.0334 e. The van der Waals surface area contributed by atoms with Crippen molar-refractivity contribution in [1.82, 2.24) is 10.2 Å². The molecule has 1 aliphatic carbocycles.